The molecule has 3 aromatic rings. The molecule has 1 N–H and O–H groups in total. The van der Waals surface area contributed by atoms with Crippen molar-refractivity contribution in [2.45, 2.75) is 12.0 Å². The Morgan fingerprint density at radius 2 is 1.85 bits per heavy atom. The van der Waals surface area contributed by atoms with E-state index in [1.54, 1.807) is 31.3 Å². The number of amides is 1. The highest BCUT2D eigenvalue weighted by atomic mass is 79.9. The molecule has 1 atom stereocenters. The van der Waals surface area contributed by atoms with Crippen LogP contribution in [0.1, 0.15) is 22.3 Å². The number of carbonyl (C=O) groups excluding carboxylic acids is 2. The molecule has 0 spiro atoms. The zero-order valence-electron chi connectivity index (χ0n) is 14.1. The van der Waals surface area contributed by atoms with Gasteiger partial charge in [-0.1, -0.05) is 58.4 Å². The van der Waals surface area contributed by atoms with E-state index in [1.807, 2.05) is 36.4 Å². The van der Waals surface area contributed by atoms with E-state index in [0.29, 0.717) is 16.8 Å². The fourth-order valence-corrected chi connectivity index (χ4v) is 3.96. The molecular weight excluding hydrogens is 394 g/mol. The summed E-state index contributed by atoms with van der Waals surface area (Å²) in [6.45, 7) is 0. The Kier molecular flexibility index (Phi) is 3.93. The van der Waals surface area contributed by atoms with Gasteiger partial charge >= 0.3 is 0 Å². The summed E-state index contributed by atoms with van der Waals surface area (Å²) in [4.78, 5) is 27.2. The number of ketones is 1. The first-order valence-electron chi connectivity index (χ1n) is 8.23. The second-order valence-electron chi connectivity index (χ2n) is 6.51. The van der Waals surface area contributed by atoms with Gasteiger partial charge in [0.25, 0.3) is 5.91 Å². The first-order chi connectivity index (χ1) is 12.4. The molecule has 5 heteroatoms. The Hall–Kier alpha value is -2.50. The molecule has 1 aliphatic heterocycles. The van der Waals surface area contributed by atoms with Gasteiger partial charge in [-0.25, -0.2) is 0 Å². The number of hydrogen-bond donors (Lipinski definition) is 1. The lowest BCUT2D eigenvalue weighted by atomic mass is 9.87. The molecular formula is C21H16BrNO3. The number of Topliss-reactive ketones (excluding diaryl/α,β-unsaturated/α-hetero) is 1. The van der Waals surface area contributed by atoms with Crippen molar-refractivity contribution in [2.75, 3.05) is 11.9 Å². The minimum Gasteiger partial charge on any atom is -0.375 e. The molecule has 4 rings (SSSR count). The van der Waals surface area contributed by atoms with Crippen LogP contribution >= 0.6 is 15.9 Å². The van der Waals surface area contributed by atoms with Gasteiger partial charge in [0, 0.05) is 22.6 Å². The van der Waals surface area contributed by atoms with Crippen molar-refractivity contribution in [2.24, 2.45) is 0 Å². The molecule has 4 nitrogen and oxygen atoms in total. The van der Waals surface area contributed by atoms with Gasteiger partial charge in [0.2, 0.25) is 0 Å². The lowest BCUT2D eigenvalue weighted by Crippen LogP contribution is -2.40. The molecule has 0 saturated carbocycles. The van der Waals surface area contributed by atoms with Gasteiger partial charge in [0.1, 0.15) is 0 Å². The van der Waals surface area contributed by atoms with Crippen molar-refractivity contribution < 1.29 is 14.7 Å². The lowest BCUT2D eigenvalue weighted by molar-refractivity contribution is -0.135. The molecule has 130 valence electrons. The summed E-state index contributed by atoms with van der Waals surface area (Å²) in [7, 11) is 1.61. The van der Waals surface area contributed by atoms with E-state index in [0.717, 1.165) is 15.2 Å². The maximum absolute atomic E-state index is 13.0. The largest absolute Gasteiger partial charge is 0.375 e. The van der Waals surface area contributed by atoms with Gasteiger partial charge in [-0.3, -0.25) is 9.59 Å². The third-order valence-corrected chi connectivity index (χ3v) is 5.42. The molecule has 1 heterocycles. The van der Waals surface area contributed by atoms with Gasteiger partial charge in [0.15, 0.2) is 11.4 Å². The van der Waals surface area contributed by atoms with Crippen molar-refractivity contribution >= 4 is 44.1 Å². The summed E-state index contributed by atoms with van der Waals surface area (Å²) >= 11 is 3.37. The number of anilines is 1. The summed E-state index contributed by atoms with van der Waals surface area (Å²) in [6.07, 6.45) is -0.298. The second kappa shape index (κ2) is 6.04. The molecule has 0 saturated heterocycles. The summed E-state index contributed by atoms with van der Waals surface area (Å²) < 4.78 is 0.746. The van der Waals surface area contributed by atoms with E-state index >= 15 is 0 Å². The minimum atomic E-state index is -1.86. The summed E-state index contributed by atoms with van der Waals surface area (Å²) in [5.74, 6) is -0.752. The predicted molar refractivity (Wildman–Crippen MR) is 104 cm³/mol. The number of carbonyl (C=O) groups is 2. The minimum absolute atomic E-state index is 0.265. The molecule has 0 aliphatic carbocycles. The van der Waals surface area contributed by atoms with Gasteiger partial charge in [-0.15, -0.1) is 0 Å². The van der Waals surface area contributed by atoms with Crippen molar-refractivity contribution in [3.05, 3.63) is 76.3 Å². The molecule has 26 heavy (non-hydrogen) atoms. The molecule has 0 radical (unpaired) electrons. The molecule has 0 unspecified atom stereocenters. The Labute approximate surface area is 159 Å². The highest BCUT2D eigenvalue weighted by Crippen LogP contribution is 2.43. The number of aliphatic hydroxyl groups is 1. The summed E-state index contributed by atoms with van der Waals surface area (Å²) in [5.41, 5.74) is -0.281. The van der Waals surface area contributed by atoms with E-state index in [-0.39, 0.29) is 12.2 Å². The highest BCUT2D eigenvalue weighted by molar-refractivity contribution is 9.10. The molecule has 1 amide bonds. The zero-order valence-corrected chi connectivity index (χ0v) is 15.7. The van der Waals surface area contributed by atoms with Crippen LogP contribution < -0.4 is 4.90 Å². The average molecular weight is 410 g/mol. The normalized spacial score (nSPS) is 19.0. The smallest absolute Gasteiger partial charge is 0.263 e. The number of benzene rings is 3. The number of rotatable bonds is 3. The average Bonchev–Trinajstić information content (AvgIpc) is 2.82. The quantitative estimate of drug-likeness (QED) is 0.664. The first-order valence-corrected chi connectivity index (χ1v) is 9.02. The van der Waals surface area contributed by atoms with E-state index in [1.165, 1.54) is 4.90 Å². The van der Waals surface area contributed by atoms with Crippen molar-refractivity contribution in [1.29, 1.82) is 0 Å². The Bertz CT molecular complexity index is 1060. The van der Waals surface area contributed by atoms with E-state index in [2.05, 4.69) is 15.9 Å². The van der Waals surface area contributed by atoms with Crippen LogP contribution in [0, 0.1) is 0 Å². The maximum Gasteiger partial charge on any atom is 0.263 e. The molecule has 0 bridgehead atoms. The second-order valence-corrected chi connectivity index (χ2v) is 7.43. The van der Waals surface area contributed by atoms with Crippen LogP contribution in [0.2, 0.25) is 0 Å². The van der Waals surface area contributed by atoms with Gasteiger partial charge in [0.05, 0.1) is 12.1 Å². The molecule has 3 aromatic carbocycles. The number of hydrogen-bond acceptors (Lipinski definition) is 3. The Morgan fingerprint density at radius 1 is 1.12 bits per heavy atom. The van der Waals surface area contributed by atoms with Crippen LogP contribution in [0.3, 0.4) is 0 Å². The van der Waals surface area contributed by atoms with Crippen LogP contribution in [0.15, 0.2) is 65.1 Å². The molecule has 0 fully saturated rings. The van der Waals surface area contributed by atoms with Gasteiger partial charge in [-0.2, -0.15) is 0 Å². The number of fused-ring (bicyclic) bond motifs is 2. The third-order valence-electron chi connectivity index (χ3n) is 4.93. The van der Waals surface area contributed by atoms with Crippen molar-refractivity contribution in [3.8, 4) is 0 Å². The molecule has 1 aliphatic rings. The number of halogens is 1. The number of likely N-dealkylation sites (N-methyl/N-ethyl adjacent to an activating group) is 1. The highest BCUT2D eigenvalue weighted by Gasteiger charge is 2.49. The van der Waals surface area contributed by atoms with Crippen LogP contribution in [-0.4, -0.2) is 23.8 Å². The first kappa shape index (κ1) is 16.9. The Balaban J connectivity index is 1.78. The van der Waals surface area contributed by atoms with Crippen LogP contribution in [-0.2, 0) is 10.4 Å². The van der Waals surface area contributed by atoms with Crippen molar-refractivity contribution in [3.63, 3.8) is 0 Å². The predicted octanol–water partition coefficient (Wildman–Crippen LogP) is 4.04. The van der Waals surface area contributed by atoms with Crippen LogP contribution in [0.5, 0.6) is 0 Å². The number of nitrogens with zero attached hydrogens (tertiary/aromatic N) is 1. The summed E-state index contributed by atoms with van der Waals surface area (Å²) in [5, 5.41) is 12.9. The molecule has 0 aromatic heterocycles. The SMILES string of the molecule is CN1C(=O)[C@](O)(CC(=O)c2cccc3ccccc23)c2cc(Br)ccc21. The monoisotopic (exact) mass is 409 g/mol. The Morgan fingerprint density at radius 3 is 2.65 bits per heavy atom. The third kappa shape index (κ3) is 2.47. The van der Waals surface area contributed by atoms with Crippen LogP contribution in [0.4, 0.5) is 5.69 Å². The van der Waals surface area contributed by atoms with Gasteiger partial charge < -0.3 is 10.0 Å². The van der Waals surface area contributed by atoms with E-state index < -0.39 is 11.5 Å². The van der Waals surface area contributed by atoms with Crippen LogP contribution in [0.25, 0.3) is 10.8 Å². The maximum atomic E-state index is 13.0. The van der Waals surface area contributed by atoms with Gasteiger partial charge in [-0.05, 0) is 29.0 Å². The summed E-state index contributed by atoms with van der Waals surface area (Å²) in [6, 6.07) is 18.3. The van der Waals surface area contributed by atoms with E-state index in [4.69, 9.17) is 0 Å². The van der Waals surface area contributed by atoms with E-state index in [9.17, 15) is 14.7 Å². The standard InChI is InChI=1S/C21H16BrNO3/c1-23-18-10-9-14(22)11-17(18)21(26,20(23)25)12-19(24)16-8-4-6-13-5-2-3-7-15(13)16/h2-11,26H,12H2,1H3/t21-/m0/s1. The topological polar surface area (TPSA) is 57.6 Å². The van der Waals surface area contributed by atoms with Crippen molar-refractivity contribution in [1.82, 2.24) is 0 Å². The fraction of sp³-hybridized carbons (Fsp3) is 0.143. The fourth-order valence-electron chi connectivity index (χ4n) is 3.60. The lowest BCUT2D eigenvalue weighted by Gasteiger charge is -2.21. The zero-order chi connectivity index (χ0) is 18.5.